The van der Waals surface area contributed by atoms with Crippen molar-refractivity contribution in [3.05, 3.63) is 52.1 Å². The fraction of sp³-hybridized carbons (Fsp3) is 0.524. The van der Waals surface area contributed by atoms with E-state index in [9.17, 15) is 18.0 Å². The highest BCUT2D eigenvalue weighted by molar-refractivity contribution is 5.96. The Labute approximate surface area is 162 Å². The molecule has 28 heavy (non-hydrogen) atoms. The second kappa shape index (κ2) is 6.94. The average molecular weight is 393 g/mol. The van der Waals surface area contributed by atoms with Gasteiger partial charge in [0.05, 0.1) is 5.56 Å². The molecule has 0 spiro atoms. The van der Waals surface area contributed by atoms with E-state index < -0.39 is 17.6 Å². The summed E-state index contributed by atoms with van der Waals surface area (Å²) < 4.78 is 43.5. The van der Waals surface area contributed by atoms with E-state index in [2.05, 4.69) is 25.8 Å². The van der Waals surface area contributed by atoms with E-state index in [4.69, 9.17) is 0 Å². The highest BCUT2D eigenvalue weighted by Gasteiger charge is 2.33. The average Bonchev–Trinajstić information content (AvgIpc) is 3.32. The molecule has 0 radical (unpaired) electrons. The van der Waals surface area contributed by atoms with Crippen molar-refractivity contribution < 1.29 is 18.0 Å². The van der Waals surface area contributed by atoms with Gasteiger partial charge in [0, 0.05) is 36.3 Å². The monoisotopic (exact) mass is 393 g/mol. The first-order valence-electron chi connectivity index (χ1n) is 9.43. The van der Waals surface area contributed by atoms with Crippen molar-refractivity contribution in [1.82, 2.24) is 9.36 Å². The molecule has 0 N–H and O–H groups in total. The Hall–Kier alpha value is -2.31. The highest BCUT2D eigenvalue weighted by atomic mass is 19.4. The first-order valence-corrected chi connectivity index (χ1v) is 9.43. The van der Waals surface area contributed by atoms with Crippen LogP contribution in [-0.2, 0) is 25.2 Å². The highest BCUT2D eigenvalue weighted by Crippen LogP contribution is 2.33. The fourth-order valence-corrected chi connectivity index (χ4v) is 3.47. The van der Waals surface area contributed by atoms with Crippen molar-refractivity contribution in [3.8, 4) is 0 Å². The number of aromatic nitrogens is 2. The third-order valence-electron chi connectivity index (χ3n) is 5.22. The molecule has 4 nitrogen and oxygen atoms in total. The zero-order valence-electron chi connectivity index (χ0n) is 16.9. The number of nitrogens with zero attached hydrogens (tertiary/aromatic N) is 3. The van der Waals surface area contributed by atoms with Gasteiger partial charge in [-0.05, 0) is 43.4 Å². The topological polar surface area (TPSA) is 39.3 Å². The molecular weight excluding hydrogens is 367 g/mol. The summed E-state index contributed by atoms with van der Waals surface area (Å²) in [7, 11) is 1.93. The number of benzene rings is 1. The molecule has 1 saturated carbocycles. The van der Waals surface area contributed by atoms with Gasteiger partial charge in [-0.25, -0.2) is 0 Å². The Morgan fingerprint density at radius 2 is 1.86 bits per heavy atom. The van der Waals surface area contributed by atoms with Crippen LogP contribution in [0.4, 0.5) is 13.2 Å². The standard InChI is InChI=1S/C21H26F3N3O/c1-13-15(7-6-8-16(13)21(22,23)24)19(28)25-18-11-17(20(2,3)4)26(5)27(18)12-14-9-10-14/h6-8,11,14H,9-10,12H2,1-5H3/b25-18+. The minimum atomic E-state index is -4.50. The van der Waals surface area contributed by atoms with Crippen LogP contribution in [0.15, 0.2) is 29.3 Å². The normalized spacial score (nSPS) is 15.9. The van der Waals surface area contributed by atoms with Crippen molar-refractivity contribution in [2.45, 2.75) is 58.7 Å². The predicted octanol–water partition coefficient (Wildman–Crippen LogP) is 4.60. The van der Waals surface area contributed by atoms with Crippen LogP contribution in [0.25, 0.3) is 0 Å². The summed E-state index contributed by atoms with van der Waals surface area (Å²) in [6.07, 6.45) is -2.22. The second-order valence-electron chi connectivity index (χ2n) is 8.58. The van der Waals surface area contributed by atoms with Gasteiger partial charge in [0.1, 0.15) is 0 Å². The maximum atomic E-state index is 13.2. The summed E-state index contributed by atoms with van der Waals surface area (Å²) in [5.74, 6) is -0.0926. The molecule has 1 heterocycles. The van der Waals surface area contributed by atoms with Crippen molar-refractivity contribution in [1.29, 1.82) is 0 Å². The number of halogens is 3. The van der Waals surface area contributed by atoms with Crippen molar-refractivity contribution >= 4 is 5.91 Å². The molecular formula is C21H26F3N3O. The number of carbonyl (C=O) groups is 1. The van der Waals surface area contributed by atoms with Crippen molar-refractivity contribution in [3.63, 3.8) is 0 Å². The van der Waals surface area contributed by atoms with Crippen LogP contribution >= 0.6 is 0 Å². The largest absolute Gasteiger partial charge is 0.416 e. The van der Waals surface area contributed by atoms with Crippen LogP contribution in [0.1, 0.15) is 60.8 Å². The minimum absolute atomic E-state index is 0.0195. The Kier molecular flexibility index (Phi) is 5.06. The van der Waals surface area contributed by atoms with Crippen LogP contribution in [0.3, 0.4) is 0 Å². The van der Waals surface area contributed by atoms with E-state index in [1.807, 2.05) is 22.5 Å². The predicted molar refractivity (Wildman–Crippen MR) is 101 cm³/mol. The SMILES string of the molecule is Cc1c(C(=O)/N=c2\cc(C(C)(C)C)n(C)n2CC2CC2)cccc1C(F)(F)F. The first kappa shape index (κ1) is 20.4. The third-order valence-corrected chi connectivity index (χ3v) is 5.22. The molecule has 0 atom stereocenters. The quantitative estimate of drug-likeness (QED) is 0.751. The molecule has 1 aliphatic rings. The molecule has 1 fully saturated rings. The Bertz CT molecular complexity index is 970. The molecule has 1 aromatic heterocycles. The molecule has 0 saturated heterocycles. The van der Waals surface area contributed by atoms with Gasteiger partial charge < -0.3 is 0 Å². The summed E-state index contributed by atoms with van der Waals surface area (Å²) in [6.45, 7) is 8.29. The first-order chi connectivity index (χ1) is 12.9. The Balaban J connectivity index is 2.10. The molecule has 7 heteroatoms. The van der Waals surface area contributed by atoms with Gasteiger partial charge in [-0.3, -0.25) is 14.2 Å². The van der Waals surface area contributed by atoms with E-state index in [0.717, 1.165) is 31.1 Å². The van der Waals surface area contributed by atoms with Crippen LogP contribution < -0.4 is 5.49 Å². The van der Waals surface area contributed by atoms with E-state index >= 15 is 0 Å². The fourth-order valence-electron chi connectivity index (χ4n) is 3.47. The minimum Gasteiger partial charge on any atom is -0.291 e. The summed E-state index contributed by atoms with van der Waals surface area (Å²) in [6, 6.07) is 5.50. The van der Waals surface area contributed by atoms with E-state index in [0.29, 0.717) is 11.4 Å². The summed E-state index contributed by atoms with van der Waals surface area (Å²) in [4.78, 5) is 17.0. The molecule has 1 aliphatic carbocycles. The maximum Gasteiger partial charge on any atom is 0.416 e. The molecule has 1 amide bonds. The van der Waals surface area contributed by atoms with Gasteiger partial charge in [0.25, 0.3) is 5.91 Å². The zero-order chi connectivity index (χ0) is 20.9. The number of alkyl halides is 3. The number of hydrogen-bond donors (Lipinski definition) is 0. The smallest absolute Gasteiger partial charge is 0.291 e. The lowest BCUT2D eigenvalue weighted by Crippen LogP contribution is -2.26. The van der Waals surface area contributed by atoms with Crippen LogP contribution in [-0.4, -0.2) is 15.3 Å². The molecule has 152 valence electrons. The van der Waals surface area contributed by atoms with Crippen LogP contribution in [0, 0.1) is 12.8 Å². The van der Waals surface area contributed by atoms with Gasteiger partial charge in [-0.15, -0.1) is 0 Å². The molecule has 0 bridgehead atoms. The van der Waals surface area contributed by atoms with Crippen molar-refractivity contribution in [2.75, 3.05) is 0 Å². The third kappa shape index (κ3) is 4.08. The van der Waals surface area contributed by atoms with E-state index in [-0.39, 0.29) is 16.5 Å². The summed E-state index contributed by atoms with van der Waals surface area (Å²) in [5.41, 5.74) is 0.436. The van der Waals surface area contributed by atoms with Gasteiger partial charge in [-0.2, -0.15) is 18.2 Å². The molecule has 0 unspecified atom stereocenters. The van der Waals surface area contributed by atoms with Gasteiger partial charge in [-0.1, -0.05) is 26.8 Å². The van der Waals surface area contributed by atoms with Gasteiger partial charge in [0.15, 0.2) is 5.49 Å². The summed E-state index contributed by atoms with van der Waals surface area (Å²) in [5, 5.41) is 0. The van der Waals surface area contributed by atoms with Gasteiger partial charge >= 0.3 is 6.18 Å². The molecule has 0 aliphatic heterocycles. The number of hydrogen-bond acceptors (Lipinski definition) is 1. The molecule has 1 aromatic carbocycles. The number of carbonyl (C=O) groups excluding carboxylic acids is 1. The van der Waals surface area contributed by atoms with E-state index in [1.54, 1.807) is 0 Å². The Morgan fingerprint density at radius 1 is 1.21 bits per heavy atom. The second-order valence-corrected chi connectivity index (χ2v) is 8.58. The Morgan fingerprint density at radius 3 is 2.39 bits per heavy atom. The lowest BCUT2D eigenvalue weighted by atomic mass is 9.92. The zero-order valence-corrected chi connectivity index (χ0v) is 16.9. The molecule has 3 rings (SSSR count). The molecule has 2 aromatic rings. The van der Waals surface area contributed by atoms with E-state index in [1.165, 1.54) is 19.1 Å². The maximum absolute atomic E-state index is 13.2. The number of rotatable bonds is 3. The van der Waals surface area contributed by atoms with Crippen LogP contribution in [0.5, 0.6) is 0 Å². The van der Waals surface area contributed by atoms with Gasteiger partial charge in [0.2, 0.25) is 0 Å². The lowest BCUT2D eigenvalue weighted by Gasteiger charge is -2.20. The lowest BCUT2D eigenvalue weighted by molar-refractivity contribution is -0.138. The number of amides is 1. The van der Waals surface area contributed by atoms with Crippen LogP contribution in [0.2, 0.25) is 0 Å². The van der Waals surface area contributed by atoms with Crippen molar-refractivity contribution in [2.24, 2.45) is 18.0 Å². The summed E-state index contributed by atoms with van der Waals surface area (Å²) >= 11 is 0.